The van der Waals surface area contributed by atoms with Crippen molar-refractivity contribution in [1.82, 2.24) is 14.9 Å². The summed E-state index contributed by atoms with van der Waals surface area (Å²) >= 11 is 0. The van der Waals surface area contributed by atoms with Crippen molar-refractivity contribution in [1.29, 1.82) is 0 Å². The first-order valence-electron chi connectivity index (χ1n) is 13.0. The van der Waals surface area contributed by atoms with Gasteiger partial charge in [-0.15, -0.1) is 0 Å². The maximum absolute atomic E-state index is 13.7. The van der Waals surface area contributed by atoms with Crippen LogP contribution in [-0.4, -0.2) is 38.2 Å². The van der Waals surface area contributed by atoms with E-state index in [0.717, 1.165) is 16.7 Å². The molecule has 38 heavy (non-hydrogen) atoms. The van der Waals surface area contributed by atoms with Gasteiger partial charge in [-0.2, -0.15) is 0 Å². The van der Waals surface area contributed by atoms with Crippen LogP contribution in [0.4, 0.5) is 0 Å². The van der Waals surface area contributed by atoms with Crippen LogP contribution in [0, 0.1) is 5.92 Å². The Labute approximate surface area is 226 Å². The third kappa shape index (κ3) is 8.26. The van der Waals surface area contributed by atoms with E-state index in [-0.39, 0.29) is 35.6 Å². The van der Waals surface area contributed by atoms with Crippen LogP contribution in [0.3, 0.4) is 0 Å². The highest BCUT2D eigenvalue weighted by Crippen LogP contribution is 2.25. The molecule has 8 heteroatoms. The monoisotopic (exact) mass is 535 g/mol. The molecular weight excluding hydrogens is 498 g/mol. The van der Waals surface area contributed by atoms with Crippen LogP contribution in [-0.2, 0) is 32.6 Å². The van der Waals surface area contributed by atoms with Gasteiger partial charge in [0.05, 0.1) is 4.90 Å². The van der Waals surface area contributed by atoms with Gasteiger partial charge < -0.3 is 10.2 Å². The topological polar surface area (TPSA) is 95.6 Å². The second-order valence-electron chi connectivity index (χ2n) is 9.60. The standard InChI is InChI=1S/C30H37N3O4S/c1-4-32-38(36,37)27-18-15-24(16-19-27)17-20-28(34)33(22-25-11-7-5-8-12-25)29(26-13-9-6-10-14-26)30(35)31-21-23(2)3/h5-16,18-19,23,29,32H,4,17,20-22H2,1-3H3,(H,31,35)/t29-/m0/s1. The van der Waals surface area contributed by atoms with Crippen molar-refractivity contribution in [2.24, 2.45) is 5.92 Å². The molecule has 0 aliphatic heterocycles. The molecule has 0 aliphatic rings. The molecule has 3 aromatic carbocycles. The second kappa shape index (κ2) is 13.9. The molecule has 0 radical (unpaired) electrons. The van der Waals surface area contributed by atoms with Crippen molar-refractivity contribution in [3.8, 4) is 0 Å². The Morgan fingerprint density at radius 1 is 0.842 bits per heavy atom. The molecule has 1 atom stereocenters. The van der Waals surface area contributed by atoms with Crippen LogP contribution in [0.25, 0.3) is 0 Å². The predicted octanol–water partition coefficient (Wildman–Crippen LogP) is 4.46. The van der Waals surface area contributed by atoms with E-state index in [1.807, 2.05) is 74.5 Å². The van der Waals surface area contributed by atoms with Gasteiger partial charge in [-0.1, -0.05) is 93.6 Å². The van der Waals surface area contributed by atoms with Gasteiger partial charge >= 0.3 is 0 Å². The number of sulfonamides is 1. The zero-order chi connectivity index (χ0) is 27.5. The minimum atomic E-state index is -3.54. The molecule has 3 rings (SSSR count). The summed E-state index contributed by atoms with van der Waals surface area (Å²) in [6, 6.07) is 24.8. The van der Waals surface area contributed by atoms with E-state index >= 15 is 0 Å². The van der Waals surface area contributed by atoms with Crippen molar-refractivity contribution in [2.45, 2.75) is 51.1 Å². The molecule has 0 aliphatic carbocycles. The fourth-order valence-electron chi connectivity index (χ4n) is 4.12. The Balaban J connectivity index is 1.86. The van der Waals surface area contributed by atoms with E-state index in [4.69, 9.17) is 0 Å². The Morgan fingerprint density at radius 2 is 1.45 bits per heavy atom. The van der Waals surface area contributed by atoms with Crippen LogP contribution in [0.2, 0.25) is 0 Å². The first kappa shape index (κ1) is 29.1. The Bertz CT molecular complexity index is 1280. The Morgan fingerprint density at radius 3 is 2.03 bits per heavy atom. The summed E-state index contributed by atoms with van der Waals surface area (Å²) < 4.78 is 26.9. The van der Waals surface area contributed by atoms with Gasteiger partial charge in [-0.25, -0.2) is 13.1 Å². The lowest BCUT2D eigenvalue weighted by Crippen LogP contribution is -2.44. The summed E-state index contributed by atoms with van der Waals surface area (Å²) in [5, 5.41) is 3.01. The molecule has 0 unspecified atom stereocenters. The summed E-state index contributed by atoms with van der Waals surface area (Å²) in [4.78, 5) is 29.0. The van der Waals surface area contributed by atoms with Crippen LogP contribution in [0.5, 0.6) is 0 Å². The average molecular weight is 536 g/mol. The molecule has 0 saturated heterocycles. The zero-order valence-electron chi connectivity index (χ0n) is 22.3. The Hall–Kier alpha value is -3.49. The molecule has 0 spiro atoms. The number of hydrogen-bond acceptors (Lipinski definition) is 4. The van der Waals surface area contributed by atoms with E-state index < -0.39 is 16.1 Å². The lowest BCUT2D eigenvalue weighted by atomic mass is 10.0. The Kier molecular flexibility index (Phi) is 10.6. The van der Waals surface area contributed by atoms with E-state index in [0.29, 0.717) is 19.5 Å². The number of rotatable bonds is 13. The maximum Gasteiger partial charge on any atom is 0.247 e. The number of amides is 2. The molecular formula is C30H37N3O4S. The zero-order valence-corrected chi connectivity index (χ0v) is 23.1. The van der Waals surface area contributed by atoms with Crippen LogP contribution in [0.1, 0.15) is 49.9 Å². The average Bonchev–Trinajstić information content (AvgIpc) is 2.91. The third-order valence-electron chi connectivity index (χ3n) is 6.07. The molecule has 0 saturated carbocycles. The normalized spacial score (nSPS) is 12.2. The number of benzene rings is 3. The molecule has 202 valence electrons. The lowest BCUT2D eigenvalue weighted by molar-refractivity contribution is -0.141. The van der Waals surface area contributed by atoms with E-state index in [1.165, 1.54) is 0 Å². The summed E-state index contributed by atoms with van der Waals surface area (Å²) in [5.74, 6) is -0.105. The van der Waals surface area contributed by atoms with E-state index in [9.17, 15) is 18.0 Å². The SMILES string of the molecule is CCNS(=O)(=O)c1ccc(CCC(=O)N(Cc2ccccc2)[C@H](C(=O)NCC(C)C)c2ccccc2)cc1. The van der Waals surface area contributed by atoms with Crippen molar-refractivity contribution in [3.05, 3.63) is 102 Å². The summed E-state index contributed by atoms with van der Waals surface area (Å²) in [6.07, 6.45) is 0.591. The molecule has 0 bridgehead atoms. The largest absolute Gasteiger partial charge is 0.354 e. The van der Waals surface area contributed by atoms with Crippen molar-refractivity contribution < 1.29 is 18.0 Å². The quantitative estimate of drug-likeness (QED) is 0.338. The first-order chi connectivity index (χ1) is 18.2. The van der Waals surface area contributed by atoms with Crippen molar-refractivity contribution in [2.75, 3.05) is 13.1 Å². The number of hydrogen-bond donors (Lipinski definition) is 2. The number of nitrogens with one attached hydrogen (secondary N) is 2. The highest BCUT2D eigenvalue weighted by molar-refractivity contribution is 7.89. The maximum atomic E-state index is 13.7. The fraction of sp³-hybridized carbons (Fsp3) is 0.333. The molecule has 7 nitrogen and oxygen atoms in total. The number of carbonyl (C=O) groups excluding carboxylic acids is 2. The van der Waals surface area contributed by atoms with Gasteiger partial charge in [-0.05, 0) is 41.2 Å². The molecule has 2 amide bonds. The number of carbonyl (C=O) groups is 2. The fourth-order valence-corrected chi connectivity index (χ4v) is 5.16. The van der Waals surface area contributed by atoms with Gasteiger partial charge in [0.15, 0.2) is 0 Å². The van der Waals surface area contributed by atoms with Gasteiger partial charge in [-0.3, -0.25) is 9.59 Å². The van der Waals surface area contributed by atoms with Gasteiger partial charge in [0, 0.05) is 26.1 Å². The molecule has 0 fully saturated rings. The van der Waals surface area contributed by atoms with Gasteiger partial charge in [0.25, 0.3) is 0 Å². The smallest absolute Gasteiger partial charge is 0.247 e. The summed E-state index contributed by atoms with van der Waals surface area (Å²) in [6.45, 7) is 6.89. The molecule has 0 heterocycles. The lowest BCUT2D eigenvalue weighted by Gasteiger charge is -2.32. The van der Waals surface area contributed by atoms with Crippen LogP contribution < -0.4 is 10.0 Å². The summed E-state index contributed by atoms with van der Waals surface area (Å²) in [7, 11) is -3.54. The van der Waals surface area contributed by atoms with Crippen molar-refractivity contribution in [3.63, 3.8) is 0 Å². The summed E-state index contributed by atoms with van der Waals surface area (Å²) in [5.41, 5.74) is 2.52. The molecule has 0 aromatic heterocycles. The number of aryl methyl sites for hydroxylation is 1. The minimum absolute atomic E-state index is 0.160. The van der Waals surface area contributed by atoms with E-state index in [2.05, 4.69) is 10.0 Å². The van der Waals surface area contributed by atoms with E-state index in [1.54, 1.807) is 36.1 Å². The van der Waals surface area contributed by atoms with Gasteiger partial charge in [0.1, 0.15) is 6.04 Å². The van der Waals surface area contributed by atoms with Crippen LogP contribution >= 0.6 is 0 Å². The third-order valence-corrected chi connectivity index (χ3v) is 7.63. The highest BCUT2D eigenvalue weighted by Gasteiger charge is 2.31. The van der Waals surface area contributed by atoms with Crippen LogP contribution in [0.15, 0.2) is 89.8 Å². The number of nitrogens with zero attached hydrogens (tertiary/aromatic N) is 1. The first-order valence-corrected chi connectivity index (χ1v) is 14.4. The second-order valence-corrected chi connectivity index (χ2v) is 11.4. The van der Waals surface area contributed by atoms with Crippen molar-refractivity contribution >= 4 is 21.8 Å². The molecule has 2 N–H and O–H groups in total. The van der Waals surface area contributed by atoms with Gasteiger partial charge in [0.2, 0.25) is 21.8 Å². The predicted molar refractivity (Wildman–Crippen MR) is 150 cm³/mol. The molecule has 3 aromatic rings. The minimum Gasteiger partial charge on any atom is -0.354 e. The highest BCUT2D eigenvalue weighted by atomic mass is 32.2.